The Balaban J connectivity index is 1.94. The van der Waals surface area contributed by atoms with E-state index in [1.807, 2.05) is 54.9 Å². The number of ether oxygens (including phenoxy) is 1. The van der Waals surface area contributed by atoms with Crippen molar-refractivity contribution in [2.45, 2.75) is 20.4 Å². The van der Waals surface area contributed by atoms with Crippen molar-refractivity contribution in [1.29, 1.82) is 0 Å². The molecule has 3 aromatic heterocycles. The molecule has 0 fully saturated rings. The molecule has 4 aromatic rings. The van der Waals surface area contributed by atoms with Crippen molar-refractivity contribution < 1.29 is 9.47 Å². The molecule has 0 atom stereocenters. The number of pyridine rings is 1. The van der Waals surface area contributed by atoms with Gasteiger partial charge in [-0.25, -0.2) is 4.98 Å². The smallest absolute Gasteiger partial charge is 0.223 e. The van der Waals surface area contributed by atoms with Gasteiger partial charge in [-0.15, -0.1) is 0 Å². The number of nitrogens with zero attached hydrogens (tertiary/aromatic N) is 4. The van der Waals surface area contributed by atoms with Crippen molar-refractivity contribution in [2.24, 2.45) is 0 Å². The van der Waals surface area contributed by atoms with E-state index in [2.05, 4.69) is 9.97 Å². The summed E-state index contributed by atoms with van der Waals surface area (Å²) >= 11 is 6.43. The standard InChI is InChI=1S/C21H20ClN5O2/c1-12-9-27(28)16(13(2)18(12)29-3)11-26-10-15(14-7-5-4-6-8-14)17-19(22)24-21(23)25-20(17)26/h4-10H,11H2,1-3H3,(H2,23,24,25). The highest BCUT2D eigenvalue weighted by molar-refractivity contribution is 6.35. The molecule has 7 nitrogen and oxygen atoms in total. The number of fused-ring (bicyclic) bond motifs is 1. The number of aryl methyl sites for hydroxylation is 1. The highest BCUT2D eigenvalue weighted by Gasteiger charge is 2.22. The predicted molar refractivity (Wildman–Crippen MR) is 113 cm³/mol. The molecule has 148 valence electrons. The Hall–Kier alpha value is -3.32. The zero-order chi connectivity index (χ0) is 20.7. The highest BCUT2D eigenvalue weighted by atomic mass is 35.5. The van der Waals surface area contributed by atoms with E-state index in [4.69, 9.17) is 22.1 Å². The summed E-state index contributed by atoms with van der Waals surface area (Å²) in [6, 6.07) is 9.82. The van der Waals surface area contributed by atoms with Crippen molar-refractivity contribution in [2.75, 3.05) is 12.8 Å². The third-order valence-corrected chi connectivity index (χ3v) is 5.28. The van der Waals surface area contributed by atoms with Gasteiger partial charge in [0, 0.05) is 11.8 Å². The Bertz CT molecular complexity index is 1220. The molecule has 8 heteroatoms. The number of nitrogens with two attached hydrogens (primary N) is 1. The molecule has 0 bridgehead atoms. The Labute approximate surface area is 172 Å². The van der Waals surface area contributed by atoms with Gasteiger partial charge in [-0.3, -0.25) is 0 Å². The minimum atomic E-state index is 0.0784. The number of hydrogen-bond donors (Lipinski definition) is 1. The van der Waals surface area contributed by atoms with Crippen molar-refractivity contribution in [1.82, 2.24) is 14.5 Å². The molecule has 2 N–H and O–H groups in total. The summed E-state index contributed by atoms with van der Waals surface area (Å²) in [6.07, 6.45) is 3.44. The number of nitrogen functional groups attached to an aromatic ring is 1. The number of anilines is 1. The average Bonchev–Trinajstić information content (AvgIpc) is 3.04. The predicted octanol–water partition coefficient (Wildman–Crippen LogP) is 3.64. The maximum absolute atomic E-state index is 12.6. The maximum atomic E-state index is 12.6. The number of methoxy groups -OCH3 is 1. The van der Waals surface area contributed by atoms with E-state index in [1.165, 1.54) is 6.20 Å². The van der Waals surface area contributed by atoms with Crippen molar-refractivity contribution in [3.05, 3.63) is 69.9 Å². The Morgan fingerprint density at radius 1 is 1.21 bits per heavy atom. The maximum Gasteiger partial charge on any atom is 0.223 e. The average molecular weight is 410 g/mol. The van der Waals surface area contributed by atoms with Crippen LogP contribution in [0.3, 0.4) is 0 Å². The van der Waals surface area contributed by atoms with Crippen molar-refractivity contribution in [3.8, 4) is 16.9 Å². The lowest BCUT2D eigenvalue weighted by Gasteiger charge is -2.14. The van der Waals surface area contributed by atoms with Crippen LogP contribution in [0.25, 0.3) is 22.2 Å². The second kappa shape index (κ2) is 7.25. The van der Waals surface area contributed by atoms with Gasteiger partial charge in [-0.2, -0.15) is 9.71 Å². The van der Waals surface area contributed by atoms with Crippen LogP contribution in [0.15, 0.2) is 42.7 Å². The molecule has 0 saturated heterocycles. The first-order valence-electron chi connectivity index (χ1n) is 9.04. The molecule has 0 aliphatic heterocycles. The van der Waals surface area contributed by atoms with Gasteiger partial charge in [-0.05, 0) is 19.4 Å². The number of halogens is 1. The van der Waals surface area contributed by atoms with Crippen LogP contribution >= 0.6 is 11.6 Å². The molecule has 0 saturated carbocycles. The van der Waals surface area contributed by atoms with E-state index in [1.54, 1.807) is 7.11 Å². The van der Waals surface area contributed by atoms with Crippen molar-refractivity contribution in [3.63, 3.8) is 0 Å². The summed E-state index contributed by atoms with van der Waals surface area (Å²) in [7, 11) is 1.60. The number of benzene rings is 1. The summed E-state index contributed by atoms with van der Waals surface area (Å²) < 4.78 is 8.22. The van der Waals surface area contributed by atoms with Crippen LogP contribution in [0.1, 0.15) is 16.8 Å². The van der Waals surface area contributed by atoms with Gasteiger partial charge in [-0.1, -0.05) is 41.9 Å². The van der Waals surface area contributed by atoms with E-state index in [9.17, 15) is 5.21 Å². The first-order valence-corrected chi connectivity index (χ1v) is 9.42. The third kappa shape index (κ3) is 3.23. The van der Waals surface area contributed by atoms with E-state index >= 15 is 0 Å². The van der Waals surface area contributed by atoms with Crippen LogP contribution in [0.5, 0.6) is 5.75 Å². The van der Waals surface area contributed by atoms with Gasteiger partial charge < -0.3 is 20.2 Å². The van der Waals surface area contributed by atoms with Crippen LogP contribution in [0.2, 0.25) is 5.15 Å². The summed E-state index contributed by atoms with van der Waals surface area (Å²) in [5.41, 5.74) is 10.4. The van der Waals surface area contributed by atoms with E-state index < -0.39 is 0 Å². The fourth-order valence-corrected chi connectivity index (χ4v) is 3.96. The third-order valence-electron chi connectivity index (χ3n) is 5.01. The van der Waals surface area contributed by atoms with E-state index in [-0.39, 0.29) is 17.6 Å². The zero-order valence-electron chi connectivity index (χ0n) is 16.3. The monoisotopic (exact) mass is 409 g/mol. The number of aromatic nitrogens is 4. The lowest BCUT2D eigenvalue weighted by molar-refractivity contribution is -0.615. The molecule has 0 aliphatic rings. The molecule has 3 heterocycles. The van der Waals surface area contributed by atoms with Crippen LogP contribution in [-0.4, -0.2) is 21.6 Å². The quantitative estimate of drug-likeness (QED) is 0.315. The molecule has 4 rings (SSSR count). The minimum Gasteiger partial charge on any atom is -0.618 e. The van der Waals surface area contributed by atoms with Gasteiger partial charge in [0.1, 0.15) is 23.1 Å². The second-order valence-corrected chi connectivity index (χ2v) is 7.21. The molecule has 1 aromatic carbocycles. The van der Waals surface area contributed by atoms with Crippen LogP contribution in [0.4, 0.5) is 5.95 Å². The molecular weight excluding hydrogens is 390 g/mol. The summed E-state index contributed by atoms with van der Waals surface area (Å²) in [5, 5.41) is 13.6. The van der Waals surface area contributed by atoms with Crippen LogP contribution < -0.4 is 15.2 Å². The van der Waals surface area contributed by atoms with E-state index in [0.717, 1.165) is 27.0 Å². The Morgan fingerprint density at radius 3 is 2.62 bits per heavy atom. The first-order chi connectivity index (χ1) is 13.9. The molecular formula is C21H20ClN5O2. The van der Waals surface area contributed by atoms with Crippen LogP contribution in [0, 0.1) is 19.1 Å². The first kappa shape index (κ1) is 19.0. The fourth-order valence-electron chi connectivity index (χ4n) is 3.68. The van der Waals surface area contributed by atoms with Gasteiger partial charge >= 0.3 is 0 Å². The van der Waals surface area contributed by atoms with E-state index in [0.29, 0.717) is 22.5 Å². The minimum absolute atomic E-state index is 0.0784. The Morgan fingerprint density at radius 2 is 1.93 bits per heavy atom. The largest absolute Gasteiger partial charge is 0.618 e. The normalized spacial score (nSPS) is 11.2. The summed E-state index contributed by atoms with van der Waals surface area (Å²) in [5.74, 6) is 0.772. The van der Waals surface area contributed by atoms with Gasteiger partial charge in [0.05, 0.1) is 23.6 Å². The second-order valence-electron chi connectivity index (χ2n) is 6.85. The molecule has 0 radical (unpaired) electrons. The number of hydrogen-bond acceptors (Lipinski definition) is 5. The summed E-state index contributed by atoms with van der Waals surface area (Å²) in [6.45, 7) is 3.99. The molecule has 0 amide bonds. The Kier molecular flexibility index (Phi) is 4.76. The zero-order valence-corrected chi connectivity index (χ0v) is 17.1. The number of rotatable bonds is 4. The van der Waals surface area contributed by atoms with Crippen molar-refractivity contribution >= 4 is 28.6 Å². The SMILES string of the molecule is COc1c(C)c[n+]([O-])c(Cn2cc(-c3ccccc3)c3c(Cl)nc(N)nc32)c1C. The topological polar surface area (TPSA) is 92.9 Å². The lowest BCUT2D eigenvalue weighted by Crippen LogP contribution is -2.34. The molecule has 0 spiro atoms. The molecule has 0 unspecified atom stereocenters. The molecule has 0 aliphatic carbocycles. The summed E-state index contributed by atoms with van der Waals surface area (Å²) in [4.78, 5) is 8.52. The lowest BCUT2D eigenvalue weighted by atomic mass is 10.1. The van der Waals surface area contributed by atoms with Gasteiger partial charge in [0.15, 0.2) is 6.20 Å². The van der Waals surface area contributed by atoms with Gasteiger partial charge in [0.2, 0.25) is 11.6 Å². The van der Waals surface area contributed by atoms with Gasteiger partial charge in [0.25, 0.3) is 0 Å². The highest BCUT2D eigenvalue weighted by Crippen LogP contribution is 2.35. The van der Waals surface area contributed by atoms with Crippen LogP contribution in [-0.2, 0) is 6.54 Å². The fraction of sp³-hybridized carbons (Fsp3) is 0.190. The molecule has 29 heavy (non-hydrogen) atoms.